The second-order valence-corrected chi connectivity index (χ2v) is 5.99. The number of ether oxygens (including phenoxy) is 1. The molecule has 108 valence electrons. The molecule has 0 unspecified atom stereocenters. The maximum atomic E-state index is 12.0. The Morgan fingerprint density at radius 3 is 2.55 bits per heavy atom. The van der Waals surface area contributed by atoms with Crippen molar-refractivity contribution in [3.8, 4) is 5.75 Å². The Balaban J connectivity index is 1.99. The number of nitrogens with zero attached hydrogens (tertiary/aromatic N) is 2. The Morgan fingerprint density at radius 1 is 1.25 bits per heavy atom. The van der Waals surface area contributed by atoms with Crippen molar-refractivity contribution in [3.63, 3.8) is 0 Å². The van der Waals surface area contributed by atoms with E-state index in [9.17, 15) is 13.2 Å². The van der Waals surface area contributed by atoms with Gasteiger partial charge in [-0.3, -0.25) is 0 Å². The van der Waals surface area contributed by atoms with Crippen LogP contribution in [0.4, 0.5) is 24.0 Å². The number of alkyl halides is 3. The van der Waals surface area contributed by atoms with Gasteiger partial charge in [0, 0.05) is 5.69 Å². The zero-order valence-electron chi connectivity index (χ0n) is 10.3. The van der Waals surface area contributed by atoms with Gasteiger partial charge < -0.3 is 10.1 Å². The Bertz CT molecular complexity index is 557. The fourth-order valence-electron chi connectivity index (χ4n) is 1.31. The third kappa shape index (κ3) is 4.57. The van der Waals surface area contributed by atoms with E-state index in [4.69, 9.17) is 0 Å². The van der Waals surface area contributed by atoms with E-state index in [1.54, 1.807) is 11.8 Å². The maximum Gasteiger partial charge on any atom is 0.573 e. The second-order valence-electron chi connectivity index (χ2n) is 3.50. The highest BCUT2D eigenvalue weighted by Gasteiger charge is 2.30. The van der Waals surface area contributed by atoms with Gasteiger partial charge in [0.15, 0.2) is 4.34 Å². The molecule has 0 aliphatic rings. The first-order chi connectivity index (χ1) is 9.46. The van der Waals surface area contributed by atoms with Crippen molar-refractivity contribution in [1.29, 1.82) is 0 Å². The third-order valence-electron chi connectivity index (χ3n) is 2.01. The molecule has 2 aromatic rings. The van der Waals surface area contributed by atoms with Crippen molar-refractivity contribution in [2.24, 2.45) is 0 Å². The summed E-state index contributed by atoms with van der Waals surface area (Å²) in [6, 6.07) is 5.43. The summed E-state index contributed by atoms with van der Waals surface area (Å²) in [5, 5.41) is 11.5. The minimum atomic E-state index is -4.68. The van der Waals surface area contributed by atoms with Crippen molar-refractivity contribution in [2.75, 3.05) is 11.1 Å². The van der Waals surface area contributed by atoms with Crippen molar-refractivity contribution in [2.45, 2.75) is 17.6 Å². The number of benzene rings is 1. The lowest BCUT2D eigenvalue weighted by molar-refractivity contribution is -0.274. The van der Waals surface area contributed by atoms with Crippen molar-refractivity contribution >= 4 is 33.9 Å². The molecule has 1 heterocycles. The summed E-state index contributed by atoms with van der Waals surface area (Å²) in [5.74, 6) is 0.639. The normalized spacial score (nSPS) is 11.4. The number of nitrogens with one attached hydrogen (secondary N) is 1. The van der Waals surface area contributed by atoms with Gasteiger partial charge in [0.2, 0.25) is 5.13 Å². The number of halogens is 3. The molecule has 2 rings (SSSR count). The van der Waals surface area contributed by atoms with Crippen LogP contribution in [-0.4, -0.2) is 22.3 Å². The number of thioether (sulfide) groups is 1. The molecule has 0 aliphatic heterocycles. The predicted octanol–water partition coefficient (Wildman–Crippen LogP) is 4.29. The van der Waals surface area contributed by atoms with Gasteiger partial charge in [-0.2, -0.15) is 0 Å². The molecule has 0 aliphatic carbocycles. The molecule has 1 aromatic heterocycles. The number of aromatic nitrogens is 2. The summed E-state index contributed by atoms with van der Waals surface area (Å²) in [7, 11) is 0. The van der Waals surface area contributed by atoms with E-state index in [0.717, 1.165) is 10.1 Å². The highest BCUT2D eigenvalue weighted by Crippen LogP contribution is 2.29. The number of hydrogen-bond acceptors (Lipinski definition) is 6. The first-order valence-electron chi connectivity index (χ1n) is 5.55. The van der Waals surface area contributed by atoms with Crippen LogP contribution in [0.2, 0.25) is 0 Å². The van der Waals surface area contributed by atoms with Crippen LogP contribution in [0.15, 0.2) is 28.6 Å². The molecular formula is C11H10F3N3OS2. The van der Waals surface area contributed by atoms with Gasteiger partial charge >= 0.3 is 6.36 Å². The summed E-state index contributed by atoms with van der Waals surface area (Å²) in [6.07, 6.45) is -4.68. The van der Waals surface area contributed by atoms with Gasteiger partial charge in [0.1, 0.15) is 5.75 Å². The molecule has 0 atom stereocenters. The smallest absolute Gasteiger partial charge is 0.406 e. The van der Waals surface area contributed by atoms with Crippen molar-refractivity contribution < 1.29 is 17.9 Å². The van der Waals surface area contributed by atoms with Gasteiger partial charge in [-0.1, -0.05) is 30.0 Å². The summed E-state index contributed by atoms with van der Waals surface area (Å²) >= 11 is 2.96. The van der Waals surface area contributed by atoms with Crippen LogP contribution in [0.5, 0.6) is 5.75 Å². The van der Waals surface area contributed by atoms with Crippen LogP contribution in [0.3, 0.4) is 0 Å². The minimum Gasteiger partial charge on any atom is -0.406 e. The van der Waals surface area contributed by atoms with Gasteiger partial charge in [0.25, 0.3) is 0 Å². The van der Waals surface area contributed by atoms with E-state index in [-0.39, 0.29) is 5.75 Å². The zero-order chi connectivity index (χ0) is 14.6. The maximum absolute atomic E-state index is 12.0. The molecule has 1 aromatic carbocycles. The summed E-state index contributed by atoms with van der Waals surface area (Å²) in [5.41, 5.74) is 0.615. The van der Waals surface area contributed by atoms with Crippen LogP contribution in [0.1, 0.15) is 6.92 Å². The predicted molar refractivity (Wildman–Crippen MR) is 72.7 cm³/mol. The monoisotopic (exact) mass is 321 g/mol. The fraction of sp³-hybridized carbons (Fsp3) is 0.273. The van der Waals surface area contributed by atoms with Crippen molar-refractivity contribution in [1.82, 2.24) is 10.2 Å². The first kappa shape index (κ1) is 14.9. The highest BCUT2D eigenvalue weighted by atomic mass is 32.2. The SMILES string of the molecule is CCSc1nnc(Nc2ccc(OC(F)(F)F)cc2)s1. The summed E-state index contributed by atoms with van der Waals surface area (Å²) in [4.78, 5) is 0. The summed E-state index contributed by atoms with van der Waals surface area (Å²) in [6.45, 7) is 2.01. The van der Waals surface area contributed by atoms with E-state index in [0.29, 0.717) is 10.8 Å². The lowest BCUT2D eigenvalue weighted by Crippen LogP contribution is -2.16. The molecule has 0 radical (unpaired) electrons. The van der Waals surface area contributed by atoms with Crippen molar-refractivity contribution in [3.05, 3.63) is 24.3 Å². The van der Waals surface area contributed by atoms with Crippen LogP contribution < -0.4 is 10.1 Å². The molecule has 9 heteroatoms. The van der Waals surface area contributed by atoms with E-state index in [1.807, 2.05) is 6.92 Å². The van der Waals surface area contributed by atoms with Crippen LogP contribution in [0.25, 0.3) is 0 Å². The second kappa shape index (κ2) is 6.31. The van der Waals surface area contributed by atoms with E-state index < -0.39 is 6.36 Å². The lowest BCUT2D eigenvalue weighted by atomic mass is 10.3. The average molecular weight is 321 g/mol. The third-order valence-corrected chi connectivity index (χ3v) is 3.87. The highest BCUT2D eigenvalue weighted by molar-refractivity contribution is 8.01. The average Bonchev–Trinajstić information content (AvgIpc) is 2.78. The fourth-order valence-corrected chi connectivity index (χ4v) is 2.97. The summed E-state index contributed by atoms with van der Waals surface area (Å²) < 4.78 is 40.6. The minimum absolute atomic E-state index is 0.262. The Labute approximate surface area is 121 Å². The number of hydrogen-bond donors (Lipinski definition) is 1. The molecule has 0 saturated heterocycles. The Hall–Kier alpha value is -1.48. The quantitative estimate of drug-likeness (QED) is 0.832. The van der Waals surface area contributed by atoms with Gasteiger partial charge in [-0.15, -0.1) is 23.4 Å². The van der Waals surface area contributed by atoms with E-state index >= 15 is 0 Å². The standard InChI is InChI=1S/C11H10F3N3OS2/c1-2-19-10-17-16-9(20-10)15-7-3-5-8(6-4-7)18-11(12,13)14/h3-6H,2H2,1H3,(H,15,16). The van der Waals surface area contributed by atoms with E-state index in [2.05, 4.69) is 20.3 Å². The molecule has 0 bridgehead atoms. The molecule has 4 nitrogen and oxygen atoms in total. The van der Waals surface area contributed by atoms with E-state index in [1.165, 1.54) is 35.6 Å². The van der Waals surface area contributed by atoms with Crippen LogP contribution >= 0.6 is 23.1 Å². The molecule has 20 heavy (non-hydrogen) atoms. The molecule has 0 saturated carbocycles. The van der Waals surface area contributed by atoms with Gasteiger partial charge in [0.05, 0.1) is 0 Å². The zero-order valence-corrected chi connectivity index (χ0v) is 11.9. The largest absolute Gasteiger partial charge is 0.573 e. The Kier molecular flexibility index (Phi) is 4.71. The van der Waals surface area contributed by atoms with Crippen LogP contribution in [-0.2, 0) is 0 Å². The molecule has 0 fully saturated rings. The molecule has 0 amide bonds. The number of anilines is 2. The number of rotatable bonds is 5. The first-order valence-corrected chi connectivity index (χ1v) is 7.35. The Morgan fingerprint density at radius 2 is 1.95 bits per heavy atom. The van der Waals surface area contributed by atoms with Gasteiger partial charge in [-0.25, -0.2) is 0 Å². The van der Waals surface area contributed by atoms with Crippen LogP contribution in [0, 0.1) is 0 Å². The molecule has 1 N–H and O–H groups in total. The topological polar surface area (TPSA) is 47.0 Å². The molecular weight excluding hydrogens is 311 g/mol. The lowest BCUT2D eigenvalue weighted by Gasteiger charge is -2.09. The molecule has 0 spiro atoms. The van der Waals surface area contributed by atoms with Gasteiger partial charge in [-0.05, 0) is 30.0 Å².